The third kappa shape index (κ3) is 3.25. The van der Waals surface area contributed by atoms with Gasteiger partial charge in [-0.05, 0) is 83.0 Å². The molecule has 0 radical (unpaired) electrons. The summed E-state index contributed by atoms with van der Waals surface area (Å²) in [5, 5.41) is 11.5. The highest BCUT2D eigenvalue weighted by molar-refractivity contribution is 5.96. The van der Waals surface area contributed by atoms with Gasteiger partial charge in [0.2, 0.25) is 0 Å². The molecule has 1 saturated carbocycles. The topological polar surface area (TPSA) is 66.6 Å². The summed E-state index contributed by atoms with van der Waals surface area (Å²) in [6.45, 7) is 1.31. The van der Waals surface area contributed by atoms with Crippen LogP contribution in [0.3, 0.4) is 0 Å². The van der Waals surface area contributed by atoms with Crippen LogP contribution in [0.1, 0.15) is 23.2 Å². The molecule has 5 rings (SSSR count). The lowest BCUT2D eigenvalue weighted by molar-refractivity contribution is 0.0637. The molecule has 5 heteroatoms. The van der Waals surface area contributed by atoms with Gasteiger partial charge in [-0.15, -0.1) is 0 Å². The van der Waals surface area contributed by atoms with Crippen molar-refractivity contribution in [3.63, 3.8) is 0 Å². The molecule has 1 heterocycles. The molecule has 1 saturated heterocycles. The number of piperidine rings is 1. The normalized spacial score (nSPS) is 23.5. The van der Waals surface area contributed by atoms with Crippen LogP contribution in [-0.4, -0.2) is 35.0 Å². The van der Waals surface area contributed by atoms with Crippen LogP contribution in [0, 0.1) is 17.7 Å². The van der Waals surface area contributed by atoms with Crippen LogP contribution >= 0.6 is 0 Å². The van der Waals surface area contributed by atoms with E-state index in [1.165, 1.54) is 12.1 Å². The summed E-state index contributed by atoms with van der Waals surface area (Å²) in [4.78, 5) is 14.9. The van der Waals surface area contributed by atoms with Crippen LogP contribution < -0.4 is 5.73 Å². The highest BCUT2D eigenvalue weighted by atomic mass is 19.1. The van der Waals surface area contributed by atoms with Crippen molar-refractivity contribution in [1.29, 1.82) is 0 Å². The first-order valence-corrected chi connectivity index (χ1v) is 10.1. The molecule has 29 heavy (non-hydrogen) atoms. The molecule has 0 spiro atoms. The maximum atomic E-state index is 14.4. The zero-order chi connectivity index (χ0) is 20.1. The minimum atomic E-state index is -0.423. The lowest BCUT2D eigenvalue weighted by Crippen LogP contribution is -2.50. The minimum absolute atomic E-state index is 0.125. The van der Waals surface area contributed by atoms with Crippen molar-refractivity contribution < 1.29 is 14.3 Å². The average molecular weight is 390 g/mol. The Balaban J connectivity index is 1.47. The van der Waals surface area contributed by atoms with Gasteiger partial charge in [0.05, 0.1) is 0 Å². The predicted octanol–water partition coefficient (Wildman–Crippen LogP) is 4.16. The van der Waals surface area contributed by atoms with Gasteiger partial charge < -0.3 is 15.7 Å². The van der Waals surface area contributed by atoms with Crippen LogP contribution in [0.2, 0.25) is 0 Å². The van der Waals surface area contributed by atoms with E-state index in [0.717, 1.165) is 29.2 Å². The molecule has 0 aromatic heterocycles. The Labute approximate surface area is 168 Å². The number of aromatic hydroxyl groups is 1. The number of amides is 1. The number of rotatable bonds is 2. The number of phenolic OH excluding ortho intramolecular Hbond substituents is 1. The van der Waals surface area contributed by atoms with Crippen LogP contribution in [0.25, 0.3) is 21.9 Å². The number of nitrogens with two attached hydrogens (primary N) is 1. The van der Waals surface area contributed by atoms with Crippen molar-refractivity contribution >= 4 is 16.7 Å². The number of benzene rings is 3. The Morgan fingerprint density at radius 1 is 0.931 bits per heavy atom. The number of phenols is 1. The van der Waals surface area contributed by atoms with E-state index in [4.69, 9.17) is 5.73 Å². The quantitative estimate of drug-likeness (QED) is 0.690. The maximum Gasteiger partial charge on any atom is 0.253 e. The van der Waals surface area contributed by atoms with E-state index in [1.807, 2.05) is 29.2 Å². The predicted molar refractivity (Wildman–Crippen MR) is 111 cm³/mol. The van der Waals surface area contributed by atoms with Gasteiger partial charge in [-0.2, -0.15) is 0 Å². The van der Waals surface area contributed by atoms with Gasteiger partial charge in [-0.3, -0.25) is 4.79 Å². The van der Waals surface area contributed by atoms with Gasteiger partial charge in [0, 0.05) is 24.7 Å². The Kier molecular flexibility index (Phi) is 4.28. The van der Waals surface area contributed by atoms with E-state index < -0.39 is 5.82 Å². The first kappa shape index (κ1) is 18.1. The smallest absolute Gasteiger partial charge is 0.253 e. The number of likely N-dealkylation sites (tertiary alicyclic amines) is 1. The van der Waals surface area contributed by atoms with E-state index >= 15 is 0 Å². The third-order valence-electron chi connectivity index (χ3n) is 6.50. The molecule has 1 unspecified atom stereocenters. The monoisotopic (exact) mass is 390 g/mol. The Morgan fingerprint density at radius 3 is 2.38 bits per heavy atom. The van der Waals surface area contributed by atoms with Crippen LogP contribution in [0.4, 0.5) is 4.39 Å². The minimum Gasteiger partial charge on any atom is -0.508 e. The van der Waals surface area contributed by atoms with Gasteiger partial charge in [-0.1, -0.05) is 18.2 Å². The van der Waals surface area contributed by atoms with Crippen LogP contribution in [0.5, 0.6) is 5.75 Å². The molecule has 3 aromatic rings. The Hall–Kier alpha value is -2.92. The van der Waals surface area contributed by atoms with Gasteiger partial charge in [-0.25, -0.2) is 4.39 Å². The van der Waals surface area contributed by atoms with E-state index in [2.05, 4.69) is 0 Å². The summed E-state index contributed by atoms with van der Waals surface area (Å²) in [5.41, 5.74) is 8.12. The average Bonchev–Trinajstić information content (AvgIpc) is 2.92. The number of nitrogens with zero attached hydrogens (tertiary/aromatic N) is 1. The summed E-state index contributed by atoms with van der Waals surface area (Å²) in [6, 6.07) is 15.6. The molecule has 3 N–H and O–H groups in total. The van der Waals surface area contributed by atoms with Gasteiger partial charge >= 0.3 is 0 Å². The largest absolute Gasteiger partial charge is 0.508 e. The first-order valence-electron chi connectivity index (χ1n) is 10.1. The fourth-order valence-electron chi connectivity index (χ4n) is 4.91. The third-order valence-corrected chi connectivity index (χ3v) is 6.50. The summed E-state index contributed by atoms with van der Waals surface area (Å²) >= 11 is 0. The number of carbonyl (C=O) groups excluding carboxylic acids is 1. The maximum absolute atomic E-state index is 14.4. The summed E-state index contributed by atoms with van der Waals surface area (Å²) in [5.74, 6) is 0.359. The number of carbonyl (C=O) groups is 1. The molecule has 3 atom stereocenters. The Morgan fingerprint density at radius 2 is 1.62 bits per heavy atom. The molecule has 1 aliphatic heterocycles. The van der Waals surface area contributed by atoms with Gasteiger partial charge in [0.25, 0.3) is 5.91 Å². The second-order valence-electron chi connectivity index (χ2n) is 8.36. The molecular formula is C24H23FN2O2. The summed E-state index contributed by atoms with van der Waals surface area (Å²) < 4.78 is 14.4. The SMILES string of the molecule is NC1[C@@H]2CC[C@H]1CN(C(=O)c1cc(F)cc(-c3ccc4cc(O)ccc4c3)c1)C2. The molecule has 3 aromatic carbocycles. The standard InChI is InChI=1S/C24H23FN2O2/c25-21-9-19(15-1-2-16-11-22(28)6-5-14(16)7-15)8-20(10-21)24(29)27-12-17-3-4-18(13-27)23(17)26/h1-2,5-11,17-18,23,28H,3-4,12-13,26H2/t17-,18+,23?. The van der Waals surface area contributed by atoms with Gasteiger partial charge in [0.1, 0.15) is 11.6 Å². The van der Waals surface area contributed by atoms with Crippen molar-refractivity contribution in [3.8, 4) is 16.9 Å². The van der Waals surface area contributed by atoms with E-state index in [-0.39, 0.29) is 17.7 Å². The number of fused-ring (bicyclic) bond motifs is 3. The zero-order valence-corrected chi connectivity index (χ0v) is 16.0. The zero-order valence-electron chi connectivity index (χ0n) is 16.0. The second kappa shape index (κ2) is 6.85. The van der Waals surface area contributed by atoms with Gasteiger partial charge in [0.15, 0.2) is 0 Å². The number of hydrogen-bond donors (Lipinski definition) is 2. The van der Waals surface area contributed by atoms with Crippen molar-refractivity contribution in [2.24, 2.45) is 17.6 Å². The molecule has 2 aliphatic rings. The van der Waals surface area contributed by atoms with Crippen molar-refractivity contribution in [1.82, 2.24) is 4.90 Å². The first-order chi connectivity index (χ1) is 14.0. The van der Waals surface area contributed by atoms with Crippen molar-refractivity contribution in [2.75, 3.05) is 13.1 Å². The number of halogens is 1. The van der Waals surface area contributed by atoms with E-state index in [9.17, 15) is 14.3 Å². The summed E-state index contributed by atoms with van der Waals surface area (Å²) in [6.07, 6.45) is 2.13. The van der Waals surface area contributed by atoms with Crippen molar-refractivity contribution in [2.45, 2.75) is 18.9 Å². The Bertz CT molecular complexity index is 1100. The van der Waals surface area contributed by atoms with Crippen LogP contribution in [0.15, 0.2) is 54.6 Å². The van der Waals surface area contributed by atoms with E-state index in [0.29, 0.717) is 36.1 Å². The summed E-state index contributed by atoms with van der Waals surface area (Å²) in [7, 11) is 0. The molecule has 1 aliphatic carbocycles. The second-order valence-corrected chi connectivity index (χ2v) is 8.36. The molecule has 4 nitrogen and oxygen atoms in total. The molecule has 148 valence electrons. The van der Waals surface area contributed by atoms with Crippen molar-refractivity contribution in [3.05, 3.63) is 66.0 Å². The molecule has 2 fully saturated rings. The number of hydrogen-bond acceptors (Lipinski definition) is 3. The fraction of sp³-hybridized carbons (Fsp3) is 0.292. The molecule has 2 bridgehead atoms. The molecular weight excluding hydrogens is 367 g/mol. The van der Waals surface area contributed by atoms with Crippen LogP contribution in [-0.2, 0) is 0 Å². The molecule has 1 amide bonds. The lowest BCUT2D eigenvalue weighted by Gasteiger charge is -2.36. The fourth-order valence-corrected chi connectivity index (χ4v) is 4.91. The lowest BCUT2D eigenvalue weighted by atomic mass is 9.92. The highest BCUT2D eigenvalue weighted by Crippen LogP contribution is 2.36. The highest BCUT2D eigenvalue weighted by Gasteiger charge is 2.41. The van der Waals surface area contributed by atoms with E-state index in [1.54, 1.807) is 18.2 Å².